The number of hydrogen-bond acceptors (Lipinski definition) is 5. The molecule has 4 rings (SSSR count). The van der Waals surface area contributed by atoms with Gasteiger partial charge in [0.25, 0.3) is 11.6 Å². The van der Waals surface area contributed by atoms with E-state index in [1.54, 1.807) is 18.2 Å². The lowest BCUT2D eigenvalue weighted by Crippen LogP contribution is -2.56. The summed E-state index contributed by atoms with van der Waals surface area (Å²) in [5.41, 5.74) is 0.0193. The first-order chi connectivity index (χ1) is 12.9. The molecule has 1 aromatic carbocycles. The van der Waals surface area contributed by atoms with Crippen molar-refractivity contribution >= 4 is 11.5 Å². The molecule has 1 fully saturated rings. The van der Waals surface area contributed by atoms with Gasteiger partial charge in [0, 0.05) is 18.9 Å². The summed E-state index contributed by atoms with van der Waals surface area (Å²) in [6, 6.07) is 9.29. The predicted octanol–water partition coefficient (Wildman–Crippen LogP) is 3.33. The summed E-state index contributed by atoms with van der Waals surface area (Å²) in [4.78, 5) is 6.16. The van der Waals surface area contributed by atoms with Crippen LogP contribution < -0.4 is 9.48 Å². The molecule has 3 heterocycles. The predicted molar refractivity (Wildman–Crippen MR) is 89.9 cm³/mol. The van der Waals surface area contributed by atoms with E-state index in [4.69, 9.17) is 4.84 Å². The molecule has 1 aliphatic rings. The van der Waals surface area contributed by atoms with Crippen molar-refractivity contribution in [3.63, 3.8) is 0 Å². The van der Waals surface area contributed by atoms with Gasteiger partial charge in [-0.25, -0.2) is 0 Å². The number of phenolic OH excluding ortho intramolecular Hbond substituents is 1. The molecule has 0 spiro atoms. The highest BCUT2D eigenvalue weighted by molar-refractivity contribution is 5.44. The highest BCUT2D eigenvalue weighted by Crippen LogP contribution is 2.32. The molecule has 2 aromatic heterocycles. The molecule has 1 aliphatic heterocycles. The topological polar surface area (TPSA) is 72.5 Å². The Bertz CT molecular complexity index is 949. The third-order valence-electron chi connectivity index (χ3n) is 4.58. The maximum atomic E-state index is 13.2. The fourth-order valence-electron chi connectivity index (χ4n) is 3.27. The van der Waals surface area contributed by atoms with Gasteiger partial charge in [-0.05, 0) is 36.8 Å². The van der Waals surface area contributed by atoms with Crippen LogP contribution in [0.25, 0.3) is 5.65 Å². The van der Waals surface area contributed by atoms with Gasteiger partial charge in [-0.15, -0.1) is 15.3 Å². The summed E-state index contributed by atoms with van der Waals surface area (Å²) < 4.78 is 40.2. The Morgan fingerprint density at radius 2 is 1.67 bits per heavy atom. The minimum Gasteiger partial charge on any atom is -0.508 e. The molecule has 0 saturated carbocycles. The lowest BCUT2D eigenvalue weighted by atomic mass is 10.1. The molecule has 0 aliphatic carbocycles. The molecule has 0 amide bonds. The number of halogens is 3. The zero-order valence-corrected chi connectivity index (χ0v) is 14.2. The first kappa shape index (κ1) is 17.5. The summed E-state index contributed by atoms with van der Waals surface area (Å²) in [6.07, 6.45) is -1.94. The van der Waals surface area contributed by atoms with E-state index in [0.717, 1.165) is 19.3 Å². The number of nitrogens with zero attached hydrogens (tertiary/aromatic N) is 5. The molecule has 10 heteroatoms. The maximum absolute atomic E-state index is 13.2. The van der Waals surface area contributed by atoms with Crippen LogP contribution in [0.15, 0.2) is 36.4 Å². The average molecular weight is 380 g/mol. The lowest BCUT2D eigenvalue weighted by molar-refractivity contribution is -0.146. The van der Waals surface area contributed by atoms with Crippen molar-refractivity contribution in [1.29, 1.82) is 0 Å². The molecule has 142 valence electrons. The lowest BCUT2D eigenvalue weighted by Gasteiger charge is -2.36. The van der Waals surface area contributed by atoms with Gasteiger partial charge in [0.15, 0.2) is 11.4 Å². The molecule has 0 radical (unpaired) electrons. The van der Waals surface area contributed by atoms with E-state index >= 15 is 0 Å². The average Bonchev–Trinajstić information content (AvgIpc) is 3.08. The van der Waals surface area contributed by atoms with Gasteiger partial charge in [-0.3, -0.25) is 0 Å². The number of rotatable bonds is 3. The molecule has 3 aromatic rings. The van der Waals surface area contributed by atoms with Gasteiger partial charge in [0.1, 0.15) is 18.8 Å². The Balaban J connectivity index is 1.79. The van der Waals surface area contributed by atoms with Crippen LogP contribution in [-0.4, -0.2) is 38.0 Å². The summed E-state index contributed by atoms with van der Waals surface area (Å²) in [5.74, 6) is -0.220. The highest BCUT2D eigenvalue weighted by atomic mass is 19.4. The van der Waals surface area contributed by atoms with E-state index in [1.807, 2.05) is 0 Å². The van der Waals surface area contributed by atoms with Gasteiger partial charge in [0.2, 0.25) is 0 Å². The van der Waals surface area contributed by atoms with Crippen molar-refractivity contribution in [1.82, 2.24) is 24.5 Å². The SMILES string of the molecule is Oc1ccc(O[N+]2(c3ccc4nnc(C(F)(F)F)n4n3)CCCCC2)cc1. The fourth-order valence-corrected chi connectivity index (χ4v) is 3.27. The van der Waals surface area contributed by atoms with Gasteiger partial charge >= 0.3 is 6.18 Å². The van der Waals surface area contributed by atoms with Gasteiger partial charge in [0.05, 0.1) is 0 Å². The summed E-state index contributed by atoms with van der Waals surface area (Å²) in [6.45, 7) is 1.14. The van der Waals surface area contributed by atoms with Crippen LogP contribution >= 0.6 is 0 Å². The highest BCUT2D eigenvalue weighted by Gasteiger charge is 2.41. The van der Waals surface area contributed by atoms with Crippen molar-refractivity contribution in [2.75, 3.05) is 13.1 Å². The van der Waals surface area contributed by atoms with Crippen LogP contribution in [0, 0.1) is 0 Å². The summed E-state index contributed by atoms with van der Waals surface area (Å²) >= 11 is 0. The van der Waals surface area contributed by atoms with Crippen LogP contribution in [0.5, 0.6) is 11.5 Å². The number of phenols is 1. The number of piperidine rings is 1. The second kappa shape index (κ2) is 6.38. The molecule has 1 saturated heterocycles. The van der Waals surface area contributed by atoms with Crippen molar-refractivity contribution in [3.8, 4) is 11.5 Å². The van der Waals surface area contributed by atoms with Crippen molar-refractivity contribution in [2.45, 2.75) is 25.4 Å². The number of aromatic hydroxyl groups is 1. The van der Waals surface area contributed by atoms with Crippen molar-refractivity contribution in [2.24, 2.45) is 0 Å². The first-order valence-electron chi connectivity index (χ1n) is 8.53. The van der Waals surface area contributed by atoms with Crippen LogP contribution in [0.4, 0.5) is 19.0 Å². The number of fused-ring (bicyclic) bond motifs is 1. The standard InChI is InChI=1S/C17H16F3N5O2/c18-17(19,20)16-22-21-14-8-9-15(23-24(14)16)25(10-2-1-3-11-25)27-13-6-4-12(26)5-7-13/h4-9H,1-3,10-11H2/p+1. The fraction of sp³-hybridized carbons (Fsp3) is 0.353. The van der Waals surface area contributed by atoms with Crippen molar-refractivity contribution in [3.05, 3.63) is 42.2 Å². The molecular weight excluding hydrogens is 363 g/mol. The Morgan fingerprint density at radius 1 is 0.963 bits per heavy atom. The normalized spacial score (nSPS) is 17.1. The van der Waals surface area contributed by atoms with Gasteiger partial charge < -0.3 is 9.94 Å². The molecule has 0 atom stereocenters. The molecule has 7 nitrogen and oxygen atoms in total. The third-order valence-corrected chi connectivity index (χ3v) is 4.58. The Morgan fingerprint density at radius 3 is 2.33 bits per heavy atom. The van der Waals surface area contributed by atoms with Crippen molar-refractivity contribution < 1.29 is 23.1 Å². The molecule has 1 N–H and O–H groups in total. The van der Waals surface area contributed by atoms with Gasteiger partial charge in [-0.2, -0.15) is 17.7 Å². The molecule has 0 bridgehead atoms. The largest absolute Gasteiger partial charge is 0.508 e. The first-order valence-corrected chi connectivity index (χ1v) is 8.53. The second-order valence-corrected chi connectivity index (χ2v) is 6.47. The quantitative estimate of drug-likeness (QED) is 0.706. The van der Waals surface area contributed by atoms with Crippen LogP contribution in [0.1, 0.15) is 25.1 Å². The van der Waals surface area contributed by atoms with Crippen LogP contribution in [0.2, 0.25) is 0 Å². The monoisotopic (exact) mass is 380 g/mol. The minimum atomic E-state index is -4.66. The maximum Gasteiger partial charge on any atom is 0.453 e. The Hall–Kier alpha value is -2.88. The van der Waals surface area contributed by atoms with E-state index < -0.39 is 12.0 Å². The van der Waals surface area contributed by atoms with E-state index in [1.165, 1.54) is 18.2 Å². The van der Waals surface area contributed by atoms with E-state index in [9.17, 15) is 18.3 Å². The minimum absolute atomic E-state index is 0.0193. The number of hydroxylamine groups is 2. The zero-order valence-electron chi connectivity index (χ0n) is 14.2. The van der Waals surface area contributed by atoms with E-state index in [0.29, 0.717) is 29.2 Å². The van der Waals surface area contributed by atoms with Gasteiger partial charge in [-0.1, -0.05) is 4.65 Å². The van der Waals surface area contributed by atoms with E-state index in [2.05, 4.69) is 15.3 Å². The van der Waals surface area contributed by atoms with Crippen LogP contribution in [-0.2, 0) is 6.18 Å². The smallest absolute Gasteiger partial charge is 0.453 e. The Labute approximate surface area is 152 Å². The molecule has 27 heavy (non-hydrogen) atoms. The molecular formula is C17H17F3N5O2+. The molecule has 0 unspecified atom stereocenters. The van der Waals surface area contributed by atoms with Crippen LogP contribution in [0.3, 0.4) is 0 Å². The summed E-state index contributed by atoms with van der Waals surface area (Å²) in [7, 11) is 0. The third kappa shape index (κ3) is 3.27. The number of alkyl halides is 3. The summed E-state index contributed by atoms with van der Waals surface area (Å²) in [5, 5.41) is 20.4. The number of quaternary nitrogens is 1. The van der Waals surface area contributed by atoms with E-state index in [-0.39, 0.29) is 16.0 Å². The number of aromatic nitrogens is 4. The zero-order chi connectivity index (χ0) is 19.1. The second-order valence-electron chi connectivity index (χ2n) is 6.47. The number of hydrogen-bond donors (Lipinski definition) is 1. The number of benzene rings is 1. The Kier molecular flexibility index (Phi) is 4.14.